The van der Waals surface area contributed by atoms with Gasteiger partial charge in [0.05, 0.1) is 27.8 Å². The molecule has 0 N–H and O–H groups in total. The van der Waals surface area contributed by atoms with Gasteiger partial charge in [-0.2, -0.15) is 0 Å². The van der Waals surface area contributed by atoms with Crippen molar-refractivity contribution >= 4 is 101 Å². The maximum Gasteiger partial charge on any atom is 0.188 e. The summed E-state index contributed by atoms with van der Waals surface area (Å²) in [6.07, 6.45) is 0. The largest absolute Gasteiger partial charge is 0.458 e. The summed E-state index contributed by atoms with van der Waals surface area (Å²) in [7, 11) is -5.75. The van der Waals surface area contributed by atoms with Crippen molar-refractivity contribution in [2.75, 3.05) is 0 Å². The van der Waals surface area contributed by atoms with Gasteiger partial charge in [-0.3, -0.25) is 0 Å². The number of aromatic nitrogens is 2. The molecule has 2 aromatic heterocycles. The zero-order chi connectivity index (χ0) is 46.9. The molecule has 14 rings (SSSR count). The van der Waals surface area contributed by atoms with Gasteiger partial charge in [0, 0.05) is 27.2 Å². The Hall–Kier alpha value is -8.75. The van der Waals surface area contributed by atoms with Crippen molar-refractivity contribution in [3.8, 4) is 22.9 Å². The molecule has 0 atom stereocenters. The lowest BCUT2D eigenvalue weighted by atomic mass is 10.1. The molecule has 0 saturated carbocycles. The Bertz CT molecular complexity index is 4000. The number of rotatable bonds is 8. The molecule has 3 heterocycles. The molecule has 0 aliphatic carbocycles. The van der Waals surface area contributed by atoms with Crippen LogP contribution in [0.2, 0.25) is 0 Å². The average Bonchev–Trinajstić information content (AvgIpc) is 3.97. The quantitative estimate of drug-likeness (QED) is 0.110. The third-order valence-corrected chi connectivity index (χ3v) is 24.8. The van der Waals surface area contributed by atoms with Gasteiger partial charge in [0.15, 0.2) is 16.1 Å². The standard InChI is InChI=1S/C66H46N2OSi2/c1-5-24-48(25-6-1)70(49-26-7-2-8-27-49,50-28-9-3-10-29-50)52-32-21-23-47(45-52)67-58-36-16-14-34-56(58)66-59(67)37-22-38-60(66)68-57-35-15-13-33-54(57)55-44-43-53(46-61(55)68)71(51-30-11-4-12-31-51)64-41-19-17-39-62(64)69-63-40-18-20-42-65(63)71/h1-46H. The van der Waals surface area contributed by atoms with Gasteiger partial charge >= 0.3 is 0 Å². The van der Waals surface area contributed by atoms with Crippen molar-refractivity contribution in [1.29, 1.82) is 0 Å². The number of nitrogens with zero attached hydrogens (tertiary/aromatic N) is 2. The Kier molecular flexibility index (Phi) is 9.56. The number of benzene rings is 11. The van der Waals surface area contributed by atoms with Gasteiger partial charge in [0.1, 0.15) is 11.5 Å². The van der Waals surface area contributed by atoms with Crippen LogP contribution in [0.1, 0.15) is 0 Å². The van der Waals surface area contributed by atoms with Crippen LogP contribution in [-0.2, 0) is 0 Å². The lowest BCUT2D eigenvalue weighted by Gasteiger charge is -2.39. The molecule has 71 heavy (non-hydrogen) atoms. The van der Waals surface area contributed by atoms with Crippen molar-refractivity contribution in [2.45, 2.75) is 0 Å². The third-order valence-electron chi connectivity index (χ3n) is 15.2. The summed E-state index contributed by atoms with van der Waals surface area (Å²) in [6.45, 7) is 0. The Morgan fingerprint density at radius 1 is 0.310 bits per heavy atom. The highest BCUT2D eigenvalue weighted by atomic mass is 28.3. The van der Waals surface area contributed by atoms with Gasteiger partial charge in [-0.1, -0.05) is 224 Å². The molecule has 3 nitrogen and oxygen atoms in total. The monoisotopic (exact) mass is 938 g/mol. The van der Waals surface area contributed by atoms with E-state index in [0.717, 1.165) is 28.4 Å². The van der Waals surface area contributed by atoms with Gasteiger partial charge in [-0.05, 0) is 96.1 Å². The Morgan fingerprint density at radius 2 is 0.789 bits per heavy atom. The van der Waals surface area contributed by atoms with E-state index in [-0.39, 0.29) is 0 Å². The van der Waals surface area contributed by atoms with E-state index in [2.05, 4.69) is 288 Å². The Balaban J connectivity index is 1.04. The predicted molar refractivity (Wildman–Crippen MR) is 302 cm³/mol. The van der Waals surface area contributed by atoms with E-state index >= 15 is 0 Å². The molecule has 0 saturated heterocycles. The van der Waals surface area contributed by atoms with Gasteiger partial charge in [-0.25, -0.2) is 0 Å². The van der Waals surface area contributed by atoms with E-state index in [4.69, 9.17) is 4.74 Å². The number of hydrogen-bond donors (Lipinski definition) is 0. The van der Waals surface area contributed by atoms with Gasteiger partial charge < -0.3 is 13.9 Å². The number of fused-ring (bicyclic) bond motifs is 8. The van der Waals surface area contributed by atoms with Crippen LogP contribution in [0, 0.1) is 0 Å². The van der Waals surface area contributed by atoms with Crippen LogP contribution in [0.3, 0.4) is 0 Å². The first-order valence-electron chi connectivity index (χ1n) is 24.5. The fourth-order valence-corrected chi connectivity index (χ4v) is 22.1. The lowest BCUT2D eigenvalue weighted by molar-refractivity contribution is 0.487. The molecule has 1 aliphatic rings. The summed E-state index contributed by atoms with van der Waals surface area (Å²) in [5.41, 5.74) is 6.99. The first-order chi connectivity index (χ1) is 35.2. The maximum atomic E-state index is 6.75. The first-order valence-corrected chi connectivity index (χ1v) is 28.5. The van der Waals surface area contributed by atoms with Crippen molar-refractivity contribution in [3.05, 3.63) is 279 Å². The highest BCUT2D eigenvalue weighted by molar-refractivity contribution is 7.21. The van der Waals surface area contributed by atoms with Gasteiger partial charge in [-0.15, -0.1) is 0 Å². The van der Waals surface area contributed by atoms with Crippen LogP contribution < -0.4 is 46.2 Å². The van der Waals surface area contributed by atoms with Crippen molar-refractivity contribution in [3.63, 3.8) is 0 Å². The summed E-state index contributed by atoms with van der Waals surface area (Å²) in [6, 6.07) is 104. The van der Waals surface area contributed by atoms with Crippen LogP contribution in [0.5, 0.6) is 11.5 Å². The highest BCUT2D eigenvalue weighted by Crippen LogP contribution is 2.40. The summed E-state index contributed by atoms with van der Waals surface area (Å²) in [5.74, 6) is 1.86. The molecule has 13 aromatic rings. The van der Waals surface area contributed by atoms with E-state index in [1.54, 1.807) is 0 Å². The zero-order valence-corrected chi connectivity index (χ0v) is 40.9. The van der Waals surface area contributed by atoms with Crippen molar-refractivity contribution < 1.29 is 4.74 Å². The summed E-state index contributed by atoms with van der Waals surface area (Å²) in [5, 5.41) is 15.5. The zero-order valence-electron chi connectivity index (χ0n) is 38.9. The maximum absolute atomic E-state index is 6.75. The minimum absolute atomic E-state index is 0.931. The normalized spacial score (nSPS) is 13.0. The second-order valence-corrected chi connectivity index (χ2v) is 26.3. The van der Waals surface area contributed by atoms with Gasteiger partial charge in [0.25, 0.3) is 0 Å². The minimum atomic E-state index is -2.94. The summed E-state index contributed by atoms with van der Waals surface area (Å²) in [4.78, 5) is 0. The van der Waals surface area contributed by atoms with E-state index in [0.29, 0.717) is 0 Å². The Morgan fingerprint density at radius 3 is 1.42 bits per heavy atom. The molecule has 11 aromatic carbocycles. The number of hydrogen-bond acceptors (Lipinski definition) is 1. The summed E-state index contributed by atoms with van der Waals surface area (Å²) >= 11 is 0. The average molecular weight is 939 g/mol. The van der Waals surface area contributed by atoms with Crippen LogP contribution in [0.15, 0.2) is 279 Å². The van der Waals surface area contributed by atoms with E-state index in [1.807, 2.05) is 0 Å². The molecule has 0 radical (unpaired) electrons. The van der Waals surface area contributed by atoms with Crippen LogP contribution >= 0.6 is 0 Å². The number of para-hydroxylation sites is 4. The molecule has 0 amide bonds. The topological polar surface area (TPSA) is 19.1 Å². The molecular formula is C66H46N2OSi2. The second kappa shape index (κ2) is 16.5. The summed E-state index contributed by atoms with van der Waals surface area (Å²) < 4.78 is 11.8. The molecule has 5 heteroatoms. The molecular weight excluding hydrogens is 893 g/mol. The highest BCUT2D eigenvalue weighted by Gasteiger charge is 2.48. The van der Waals surface area contributed by atoms with E-state index < -0.39 is 16.1 Å². The van der Waals surface area contributed by atoms with Crippen molar-refractivity contribution in [1.82, 2.24) is 9.13 Å². The number of ether oxygens (including phenoxy) is 1. The fraction of sp³-hybridized carbons (Fsp3) is 0. The smallest absolute Gasteiger partial charge is 0.188 e. The predicted octanol–water partition coefficient (Wildman–Crippen LogP) is 10.7. The first kappa shape index (κ1) is 41.2. The lowest BCUT2D eigenvalue weighted by Crippen LogP contribution is -2.76. The molecule has 0 bridgehead atoms. The van der Waals surface area contributed by atoms with E-state index in [9.17, 15) is 0 Å². The Labute approximate surface area is 414 Å². The molecule has 0 spiro atoms. The van der Waals surface area contributed by atoms with Crippen LogP contribution in [0.4, 0.5) is 0 Å². The van der Waals surface area contributed by atoms with Crippen LogP contribution in [0.25, 0.3) is 55.0 Å². The minimum Gasteiger partial charge on any atom is -0.458 e. The molecule has 0 unspecified atom stereocenters. The molecule has 334 valence electrons. The molecule has 0 fully saturated rings. The second-order valence-electron chi connectivity index (χ2n) is 18.7. The SMILES string of the molecule is c1ccc([Si](c2ccccc2)(c2ccccc2)c2cccc(-n3c4ccccc4c4c(-n5c6ccccc6c6ccc([Si]7(c8ccccc8)c8ccccc8Oc8ccccc87)cc65)cccc43)c2)cc1. The van der Waals surface area contributed by atoms with Crippen molar-refractivity contribution in [2.24, 2.45) is 0 Å². The van der Waals surface area contributed by atoms with Crippen LogP contribution in [-0.4, -0.2) is 25.3 Å². The fourth-order valence-electron chi connectivity index (χ4n) is 12.3. The van der Waals surface area contributed by atoms with Gasteiger partial charge in [0.2, 0.25) is 0 Å². The molecule has 1 aliphatic heterocycles. The van der Waals surface area contributed by atoms with E-state index in [1.165, 1.54) is 79.6 Å². The third kappa shape index (κ3) is 6.07.